The van der Waals surface area contributed by atoms with E-state index in [-0.39, 0.29) is 17.4 Å². The van der Waals surface area contributed by atoms with E-state index in [0.717, 1.165) is 41.6 Å². The van der Waals surface area contributed by atoms with Crippen LogP contribution >= 0.6 is 11.3 Å². The van der Waals surface area contributed by atoms with Crippen LogP contribution in [0.3, 0.4) is 0 Å². The Hall–Kier alpha value is -1.69. The molecule has 1 amide bonds. The van der Waals surface area contributed by atoms with Crippen molar-refractivity contribution in [1.29, 1.82) is 0 Å². The van der Waals surface area contributed by atoms with E-state index in [9.17, 15) is 4.79 Å². The second kappa shape index (κ2) is 6.07. The molecule has 0 spiro atoms. The Labute approximate surface area is 141 Å². The van der Waals surface area contributed by atoms with Crippen molar-refractivity contribution in [1.82, 2.24) is 19.9 Å². The highest BCUT2D eigenvalue weighted by atomic mass is 32.1. The average molecular weight is 332 g/mol. The lowest BCUT2D eigenvalue weighted by atomic mass is 9.93. The van der Waals surface area contributed by atoms with Crippen LogP contribution in [0.1, 0.15) is 49.4 Å². The number of aromatic nitrogens is 3. The minimum absolute atomic E-state index is 0.0555. The molecular weight excluding hydrogens is 308 g/mol. The molecule has 23 heavy (non-hydrogen) atoms. The Balaban J connectivity index is 1.61. The van der Waals surface area contributed by atoms with Crippen LogP contribution in [0.2, 0.25) is 0 Å². The number of thiazole rings is 1. The maximum atomic E-state index is 12.2. The van der Waals surface area contributed by atoms with Crippen LogP contribution in [0.25, 0.3) is 0 Å². The lowest BCUT2D eigenvalue weighted by Gasteiger charge is -2.24. The largest absolute Gasteiger partial charge is 0.351 e. The van der Waals surface area contributed by atoms with Gasteiger partial charge in [0.1, 0.15) is 5.82 Å². The normalized spacial score (nSPS) is 17.8. The zero-order valence-electron chi connectivity index (χ0n) is 14.2. The molecule has 0 saturated heterocycles. The summed E-state index contributed by atoms with van der Waals surface area (Å²) in [7, 11) is 0. The van der Waals surface area contributed by atoms with E-state index in [0.29, 0.717) is 6.42 Å². The number of amides is 1. The fraction of sp³-hybridized carbons (Fsp3) is 0.588. The van der Waals surface area contributed by atoms with Crippen molar-refractivity contribution in [3.05, 3.63) is 33.8 Å². The molecule has 1 atom stereocenters. The van der Waals surface area contributed by atoms with Gasteiger partial charge in [0.05, 0.1) is 22.8 Å². The Kier molecular flexibility index (Phi) is 4.27. The molecule has 0 bridgehead atoms. The quantitative estimate of drug-likeness (QED) is 0.940. The van der Waals surface area contributed by atoms with E-state index < -0.39 is 0 Å². The number of carbonyl (C=O) groups is 1. The summed E-state index contributed by atoms with van der Waals surface area (Å²) in [5.41, 5.74) is 2.04. The van der Waals surface area contributed by atoms with Crippen LogP contribution in [0.15, 0.2) is 11.6 Å². The number of rotatable bonds is 3. The van der Waals surface area contributed by atoms with E-state index >= 15 is 0 Å². The van der Waals surface area contributed by atoms with E-state index in [1.165, 1.54) is 0 Å². The van der Waals surface area contributed by atoms with Crippen LogP contribution in [0.5, 0.6) is 0 Å². The van der Waals surface area contributed by atoms with Crippen LogP contribution < -0.4 is 5.32 Å². The predicted molar refractivity (Wildman–Crippen MR) is 91.7 cm³/mol. The molecule has 2 aromatic rings. The van der Waals surface area contributed by atoms with Gasteiger partial charge in [-0.3, -0.25) is 4.79 Å². The molecule has 1 N–H and O–H groups in total. The monoisotopic (exact) mass is 332 g/mol. The molecule has 0 aromatic carbocycles. The number of aryl methyl sites for hydroxylation is 2. The van der Waals surface area contributed by atoms with Gasteiger partial charge in [-0.1, -0.05) is 20.8 Å². The molecule has 3 heterocycles. The number of nitrogens with one attached hydrogen (secondary N) is 1. The summed E-state index contributed by atoms with van der Waals surface area (Å²) >= 11 is 1.58. The lowest BCUT2D eigenvalue weighted by molar-refractivity contribution is -0.121. The van der Waals surface area contributed by atoms with Crippen molar-refractivity contribution in [3.8, 4) is 0 Å². The minimum atomic E-state index is 0.0555. The van der Waals surface area contributed by atoms with Crippen LogP contribution in [0, 0.1) is 6.92 Å². The minimum Gasteiger partial charge on any atom is -0.351 e. The van der Waals surface area contributed by atoms with Gasteiger partial charge in [0.2, 0.25) is 5.91 Å². The van der Waals surface area contributed by atoms with E-state index in [2.05, 4.69) is 41.8 Å². The van der Waals surface area contributed by atoms with Crippen molar-refractivity contribution in [3.63, 3.8) is 0 Å². The maximum Gasteiger partial charge on any atom is 0.226 e. The van der Waals surface area contributed by atoms with E-state index in [1.807, 2.05) is 12.3 Å². The van der Waals surface area contributed by atoms with Crippen molar-refractivity contribution in [2.75, 3.05) is 0 Å². The summed E-state index contributed by atoms with van der Waals surface area (Å²) in [5, 5.41) is 6.10. The third-order valence-electron chi connectivity index (χ3n) is 4.13. The summed E-state index contributed by atoms with van der Waals surface area (Å²) in [6, 6.07) is 0.178. The molecule has 0 unspecified atom stereocenters. The molecule has 0 fully saturated rings. The fourth-order valence-corrected chi connectivity index (χ4v) is 3.47. The standard InChI is InChI=1S/C17H24N4OS/c1-11-18-13(10-23-11)7-16(22)19-12-5-6-15-20-14(17(2,3)4)9-21(15)8-12/h9-10,12H,5-8H2,1-4H3,(H,19,22)/t12-/m0/s1. The highest BCUT2D eigenvalue weighted by molar-refractivity contribution is 7.09. The van der Waals surface area contributed by atoms with Gasteiger partial charge in [-0.15, -0.1) is 11.3 Å². The zero-order valence-corrected chi connectivity index (χ0v) is 15.0. The van der Waals surface area contributed by atoms with Gasteiger partial charge in [-0.2, -0.15) is 0 Å². The van der Waals surface area contributed by atoms with Gasteiger partial charge in [0.25, 0.3) is 0 Å². The van der Waals surface area contributed by atoms with E-state index in [1.54, 1.807) is 11.3 Å². The first-order valence-electron chi connectivity index (χ1n) is 8.08. The van der Waals surface area contributed by atoms with E-state index in [4.69, 9.17) is 4.98 Å². The highest BCUT2D eigenvalue weighted by Crippen LogP contribution is 2.24. The SMILES string of the molecule is Cc1nc(CC(=O)N[C@H]2CCc3nc(C(C)(C)C)cn3C2)cs1. The van der Waals surface area contributed by atoms with Gasteiger partial charge >= 0.3 is 0 Å². The fourth-order valence-electron chi connectivity index (χ4n) is 2.86. The number of nitrogens with zero attached hydrogens (tertiary/aromatic N) is 3. The summed E-state index contributed by atoms with van der Waals surface area (Å²) < 4.78 is 2.20. The number of hydrogen-bond donors (Lipinski definition) is 1. The molecule has 124 valence electrons. The van der Waals surface area contributed by atoms with Crippen LogP contribution in [0.4, 0.5) is 0 Å². The molecule has 6 heteroatoms. The molecule has 3 rings (SSSR count). The first kappa shape index (κ1) is 16.2. The third-order valence-corrected chi connectivity index (χ3v) is 4.96. The summed E-state index contributed by atoms with van der Waals surface area (Å²) in [6.45, 7) is 9.30. The van der Waals surface area contributed by atoms with Gasteiger partial charge < -0.3 is 9.88 Å². The Morgan fingerprint density at radius 3 is 2.87 bits per heavy atom. The molecule has 5 nitrogen and oxygen atoms in total. The Bertz CT molecular complexity index is 710. The van der Waals surface area contributed by atoms with Gasteiger partial charge in [-0.25, -0.2) is 9.97 Å². The Morgan fingerprint density at radius 1 is 1.43 bits per heavy atom. The first-order valence-corrected chi connectivity index (χ1v) is 8.96. The molecule has 0 saturated carbocycles. The maximum absolute atomic E-state index is 12.2. The molecular formula is C17H24N4OS. The highest BCUT2D eigenvalue weighted by Gasteiger charge is 2.25. The molecule has 1 aliphatic rings. The molecule has 1 aliphatic heterocycles. The topological polar surface area (TPSA) is 59.8 Å². The number of hydrogen-bond acceptors (Lipinski definition) is 4. The summed E-state index contributed by atoms with van der Waals surface area (Å²) in [5.74, 6) is 1.19. The van der Waals surface area contributed by atoms with Gasteiger partial charge in [-0.05, 0) is 13.3 Å². The van der Waals surface area contributed by atoms with Crippen molar-refractivity contribution >= 4 is 17.2 Å². The van der Waals surface area contributed by atoms with Crippen LogP contribution in [-0.2, 0) is 29.6 Å². The molecule has 0 radical (unpaired) electrons. The predicted octanol–water partition coefficient (Wildman–Crippen LogP) is 2.62. The average Bonchev–Trinajstić information content (AvgIpc) is 3.04. The summed E-state index contributed by atoms with van der Waals surface area (Å²) in [6.07, 6.45) is 4.36. The second-order valence-electron chi connectivity index (χ2n) is 7.28. The third kappa shape index (κ3) is 3.80. The van der Waals surface area contributed by atoms with Gasteiger partial charge in [0.15, 0.2) is 0 Å². The molecule has 2 aromatic heterocycles. The number of fused-ring (bicyclic) bond motifs is 1. The molecule has 0 aliphatic carbocycles. The smallest absolute Gasteiger partial charge is 0.226 e. The zero-order chi connectivity index (χ0) is 16.6. The first-order chi connectivity index (χ1) is 10.8. The second-order valence-corrected chi connectivity index (χ2v) is 8.34. The lowest BCUT2D eigenvalue weighted by Crippen LogP contribution is -2.41. The van der Waals surface area contributed by atoms with Crippen molar-refractivity contribution < 1.29 is 4.79 Å². The Morgan fingerprint density at radius 2 is 2.22 bits per heavy atom. The van der Waals surface area contributed by atoms with Gasteiger partial charge in [0, 0.05) is 36.0 Å². The number of imidazole rings is 1. The number of carbonyl (C=O) groups excluding carboxylic acids is 1. The van der Waals surface area contributed by atoms with Crippen molar-refractivity contribution in [2.24, 2.45) is 0 Å². The summed E-state index contributed by atoms with van der Waals surface area (Å²) in [4.78, 5) is 21.3. The van der Waals surface area contributed by atoms with Crippen LogP contribution in [-0.4, -0.2) is 26.5 Å². The van der Waals surface area contributed by atoms with Crippen molar-refractivity contribution in [2.45, 2.75) is 65.0 Å².